The molecule has 0 saturated heterocycles. The van der Waals surface area contributed by atoms with Crippen molar-refractivity contribution in [3.63, 3.8) is 0 Å². The molecule has 0 aromatic heterocycles. The van der Waals surface area contributed by atoms with Gasteiger partial charge in [0.2, 0.25) is 0 Å². The molecule has 2 amide bonds. The lowest BCUT2D eigenvalue weighted by atomic mass is 9.99. The second-order valence-electron chi connectivity index (χ2n) is 6.33. The molecule has 3 nitrogen and oxygen atoms in total. The van der Waals surface area contributed by atoms with Gasteiger partial charge in [0.1, 0.15) is 0 Å². The summed E-state index contributed by atoms with van der Waals surface area (Å²) in [5, 5.41) is 0.535. The van der Waals surface area contributed by atoms with Gasteiger partial charge in [-0.15, -0.1) is 11.8 Å². The molecule has 2 aromatic rings. The normalized spacial score (nSPS) is 14.6. The molecule has 5 heteroatoms. The zero-order valence-electron chi connectivity index (χ0n) is 15.2. The molecule has 1 heterocycles. The summed E-state index contributed by atoms with van der Waals surface area (Å²) in [5.74, 6) is 0.139. The highest BCUT2D eigenvalue weighted by molar-refractivity contribution is 8.04. The molecule has 0 aliphatic carbocycles. The summed E-state index contributed by atoms with van der Waals surface area (Å²) in [6.45, 7) is 7.83. The van der Waals surface area contributed by atoms with Crippen LogP contribution >= 0.6 is 23.4 Å². The third-order valence-corrected chi connectivity index (χ3v) is 5.76. The Morgan fingerprint density at radius 2 is 1.69 bits per heavy atom. The number of rotatable bonds is 4. The van der Waals surface area contributed by atoms with E-state index in [-0.39, 0.29) is 11.8 Å². The Morgan fingerprint density at radius 1 is 0.962 bits per heavy atom. The maximum atomic E-state index is 13.2. The largest absolute Gasteiger partial charge is 0.272 e. The Balaban J connectivity index is 2.13. The number of thioether (sulfide) groups is 1. The average Bonchev–Trinajstić information content (AvgIpc) is 2.82. The summed E-state index contributed by atoms with van der Waals surface area (Å²) in [7, 11) is 0. The highest BCUT2D eigenvalue weighted by Crippen LogP contribution is 2.40. The molecule has 134 valence electrons. The van der Waals surface area contributed by atoms with Crippen LogP contribution in [0.25, 0.3) is 5.57 Å². The van der Waals surface area contributed by atoms with Crippen LogP contribution in [0.15, 0.2) is 41.3 Å². The Bertz CT molecular complexity index is 949. The number of hydrogen-bond acceptors (Lipinski definition) is 3. The number of amides is 2. The number of carbonyl (C=O) groups is 2. The maximum absolute atomic E-state index is 13.2. The molecular weight excluding hydrogens is 366 g/mol. The lowest BCUT2D eigenvalue weighted by molar-refractivity contribution is -0.119. The van der Waals surface area contributed by atoms with Crippen molar-refractivity contribution < 1.29 is 9.59 Å². The predicted octanol–water partition coefficient (Wildman–Crippen LogP) is 5.30. The van der Waals surface area contributed by atoms with E-state index in [1.807, 2.05) is 52.0 Å². The number of aryl methyl sites for hydroxylation is 3. The molecule has 0 saturated carbocycles. The Labute approximate surface area is 163 Å². The van der Waals surface area contributed by atoms with Gasteiger partial charge in [-0.3, -0.25) is 9.59 Å². The zero-order chi connectivity index (χ0) is 19.0. The van der Waals surface area contributed by atoms with Crippen LogP contribution in [-0.4, -0.2) is 17.6 Å². The van der Waals surface area contributed by atoms with E-state index >= 15 is 0 Å². The first-order valence-electron chi connectivity index (χ1n) is 8.44. The van der Waals surface area contributed by atoms with Crippen molar-refractivity contribution in [1.29, 1.82) is 0 Å². The van der Waals surface area contributed by atoms with E-state index in [0.717, 1.165) is 22.3 Å². The van der Waals surface area contributed by atoms with Crippen molar-refractivity contribution in [2.45, 2.75) is 27.7 Å². The van der Waals surface area contributed by atoms with Crippen LogP contribution in [0.3, 0.4) is 0 Å². The SMILES string of the molecule is CCSC1=C(c2ccc(C)cc2C)C(=O)N(c2ccc(C)c(Cl)c2)C1=O. The summed E-state index contributed by atoms with van der Waals surface area (Å²) < 4.78 is 0. The second kappa shape index (κ2) is 7.29. The first kappa shape index (κ1) is 18.7. The molecule has 3 rings (SSSR count). The first-order valence-corrected chi connectivity index (χ1v) is 9.81. The summed E-state index contributed by atoms with van der Waals surface area (Å²) in [6.07, 6.45) is 0. The van der Waals surface area contributed by atoms with Gasteiger partial charge in [-0.1, -0.05) is 48.4 Å². The van der Waals surface area contributed by atoms with E-state index in [1.165, 1.54) is 16.7 Å². The van der Waals surface area contributed by atoms with Crippen molar-refractivity contribution in [3.8, 4) is 0 Å². The number of imide groups is 1. The molecule has 0 bridgehead atoms. The van der Waals surface area contributed by atoms with Gasteiger partial charge in [0.15, 0.2) is 0 Å². The van der Waals surface area contributed by atoms with Crippen LogP contribution in [0.2, 0.25) is 5.02 Å². The molecular formula is C21H20ClNO2S. The molecule has 2 aromatic carbocycles. The number of carbonyl (C=O) groups excluding carboxylic acids is 2. The predicted molar refractivity (Wildman–Crippen MR) is 110 cm³/mol. The molecule has 0 fully saturated rings. The highest BCUT2D eigenvalue weighted by atomic mass is 35.5. The van der Waals surface area contributed by atoms with Crippen LogP contribution in [-0.2, 0) is 9.59 Å². The first-order chi connectivity index (χ1) is 12.3. The van der Waals surface area contributed by atoms with E-state index in [4.69, 9.17) is 11.6 Å². The molecule has 0 atom stereocenters. The minimum Gasteiger partial charge on any atom is -0.268 e. The lowest BCUT2D eigenvalue weighted by Gasteiger charge is -2.16. The molecule has 0 radical (unpaired) electrons. The Kier molecular flexibility index (Phi) is 5.26. The highest BCUT2D eigenvalue weighted by Gasteiger charge is 2.40. The van der Waals surface area contributed by atoms with Crippen LogP contribution in [0, 0.1) is 20.8 Å². The van der Waals surface area contributed by atoms with Crippen molar-refractivity contribution in [3.05, 3.63) is 68.6 Å². The van der Waals surface area contributed by atoms with Crippen LogP contribution < -0.4 is 4.90 Å². The summed E-state index contributed by atoms with van der Waals surface area (Å²) in [6, 6.07) is 11.2. The van der Waals surface area contributed by atoms with Gasteiger partial charge in [-0.25, -0.2) is 4.90 Å². The summed E-state index contributed by atoms with van der Waals surface area (Å²) in [5.41, 5.74) is 4.81. The lowest BCUT2D eigenvalue weighted by Crippen LogP contribution is -2.31. The van der Waals surface area contributed by atoms with Crippen LogP contribution in [0.1, 0.15) is 29.2 Å². The molecule has 26 heavy (non-hydrogen) atoms. The molecule has 0 N–H and O–H groups in total. The molecule has 1 aliphatic heterocycles. The molecule has 0 unspecified atom stereocenters. The molecule has 0 spiro atoms. The van der Waals surface area contributed by atoms with Crippen molar-refractivity contribution in [2.24, 2.45) is 0 Å². The third-order valence-electron chi connectivity index (χ3n) is 4.39. The van der Waals surface area contributed by atoms with Crippen molar-refractivity contribution >= 4 is 46.4 Å². The fraction of sp³-hybridized carbons (Fsp3) is 0.238. The van der Waals surface area contributed by atoms with Gasteiger partial charge < -0.3 is 0 Å². The number of hydrogen-bond donors (Lipinski definition) is 0. The third kappa shape index (κ3) is 3.19. The van der Waals surface area contributed by atoms with Crippen molar-refractivity contribution in [1.82, 2.24) is 0 Å². The minimum absolute atomic E-state index is 0.281. The standard InChI is InChI=1S/C21H20ClNO2S/c1-5-26-19-18(16-9-6-12(2)10-14(16)4)20(24)23(21(19)25)15-8-7-13(3)17(22)11-15/h6-11H,5H2,1-4H3. The number of anilines is 1. The molecule has 1 aliphatic rings. The summed E-state index contributed by atoms with van der Waals surface area (Å²) in [4.78, 5) is 28.0. The van der Waals surface area contributed by atoms with Gasteiger partial charge in [-0.2, -0.15) is 0 Å². The van der Waals surface area contributed by atoms with Crippen molar-refractivity contribution in [2.75, 3.05) is 10.7 Å². The smallest absolute Gasteiger partial charge is 0.268 e. The average molecular weight is 386 g/mol. The number of nitrogens with zero attached hydrogens (tertiary/aromatic N) is 1. The van der Waals surface area contributed by atoms with Crippen LogP contribution in [0.4, 0.5) is 5.69 Å². The topological polar surface area (TPSA) is 37.4 Å². The maximum Gasteiger partial charge on any atom is 0.272 e. The Morgan fingerprint density at radius 3 is 2.31 bits per heavy atom. The van der Waals surface area contributed by atoms with Gasteiger partial charge in [0.05, 0.1) is 16.2 Å². The Hall–Kier alpha value is -2.04. The van der Waals surface area contributed by atoms with E-state index < -0.39 is 0 Å². The van der Waals surface area contributed by atoms with E-state index in [9.17, 15) is 9.59 Å². The number of benzene rings is 2. The van der Waals surface area contributed by atoms with E-state index in [1.54, 1.807) is 12.1 Å². The van der Waals surface area contributed by atoms with Gasteiger partial charge in [-0.05, 0) is 55.3 Å². The monoisotopic (exact) mass is 385 g/mol. The quantitative estimate of drug-likeness (QED) is 0.670. The van der Waals surface area contributed by atoms with E-state index in [0.29, 0.717) is 26.9 Å². The minimum atomic E-state index is -0.294. The summed E-state index contributed by atoms with van der Waals surface area (Å²) >= 11 is 7.62. The second-order valence-corrected chi connectivity index (χ2v) is 8.02. The van der Waals surface area contributed by atoms with Gasteiger partial charge >= 0.3 is 0 Å². The zero-order valence-corrected chi connectivity index (χ0v) is 16.8. The van der Waals surface area contributed by atoms with Crippen LogP contribution in [0.5, 0.6) is 0 Å². The van der Waals surface area contributed by atoms with E-state index in [2.05, 4.69) is 0 Å². The fourth-order valence-corrected chi connectivity index (χ4v) is 4.09. The fourth-order valence-electron chi connectivity index (χ4n) is 3.07. The van der Waals surface area contributed by atoms with Gasteiger partial charge in [0.25, 0.3) is 11.8 Å². The van der Waals surface area contributed by atoms with Gasteiger partial charge in [0, 0.05) is 5.02 Å². The number of halogens is 1.